The van der Waals surface area contributed by atoms with Gasteiger partial charge in [0.2, 0.25) is 0 Å². The molecular formula is C10H10N4O2. The minimum Gasteiger partial charge on any atom is -0.481 e. The van der Waals surface area contributed by atoms with Crippen molar-refractivity contribution in [1.82, 2.24) is 19.7 Å². The maximum Gasteiger partial charge on any atom is 0.305 e. The third-order valence-electron chi connectivity index (χ3n) is 2.08. The van der Waals surface area contributed by atoms with E-state index in [0.717, 1.165) is 0 Å². The summed E-state index contributed by atoms with van der Waals surface area (Å²) in [5.74, 6) is -0.262. The first-order valence-electron chi connectivity index (χ1n) is 4.78. The van der Waals surface area contributed by atoms with Gasteiger partial charge in [0.25, 0.3) is 0 Å². The van der Waals surface area contributed by atoms with Crippen LogP contribution in [0.15, 0.2) is 30.7 Å². The van der Waals surface area contributed by atoms with Crippen molar-refractivity contribution in [2.24, 2.45) is 0 Å². The Kier molecular flexibility index (Phi) is 2.90. The summed E-state index contributed by atoms with van der Waals surface area (Å²) in [6, 6.07) is 5.46. The molecule has 6 nitrogen and oxygen atoms in total. The van der Waals surface area contributed by atoms with E-state index in [4.69, 9.17) is 5.11 Å². The number of pyridine rings is 1. The van der Waals surface area contributed by atoms with Crippen molar-refractivity contribution < 1.29 is 9.90 Å². The smallest absolute Gasteiger partial charge is 0.305 e. The Morgan fingerprint density at radius 2 is 2.31 bits per heavy atom. The summed E-state index contributed by atoms with van der Waals surface area (Å²) >= 11 is 0. The van der Waals surface area contributed by atoms with Gasteiger partial charge in [-0.1, -0.05) is 6.07 Å². The minimum atomic E-state index is -0.847. The van der Waals surface area contributed by atoms with E-state index in [1.807, 2.05) is 12.1 Å². The zero-order valence-electron chi connectivity index (χ0n) is 8.45. The van der Waals surface area contributed by atoms with Crippen molar-refractivity contribution in [2.45, 2.75) is 13.0 Å². The summed E-state index contributed by atoms with van der Waals surface area (Å²) in [6.45, 7) is 0.342. The van der Waals surface area contributed by atoms with Crippen LogP contribution in [-0.4, -0.2) is 30.8 Å². The van der Waals surface area contributed by atoms with Gasteiger partial charge in [-0.15, -0.1) is 10.2 Å². The summed E-state index contributed by atoms with van der Waals surface area (Å²) in [5, 5.41) is 16.3. The lowest BCUT2D eigenvalue weighted by molar-refractivity contribution is -0.137. The number of carboxylic acids is 1. The van der Waals surface area contributed by atoms with E-state index in [1.165, 1.54) is 6.33 Å². The van der Waals surface area contributed by atoms with Crippen molar-refractivity contribution in [3.8, 4) is 11.5 Å². The third kappa shape index (κ3) is 2.22. The molecule has 0 unspecified atom stereocenters. The van der Waals surface area contributed by atoms with Crippen LogP contribution in [0.1, 0.15) is 6.42 Å². The van der Waals surface area contributed by atoms with Crippen LogP contribution in [0.25, 0.3) is 11.5 Å². The van der Waals surface area contributed by atoms with Gasteiger partial charge >= 0.3 is 5.97 Å². The summed E-state index contributed by atoms with van der Waals surface area (Å²) in [4.78, 5) is 14.6. The number of carbonyl (C=O) groups is 1. The number of nitrogens with zero attached hydrogens (tertiary/aromatic N) is 4. The zero-order valence-corrected chi connectivity index (χ0v) is 8.45. The zero-order chi connectivity index (χ0) is 11.4. The summed E-state index contributed by atoms with van der Waals surface area (Å²) in [5.41, 5.74) is 0.686. The van der Waals surface area contributed by atoms with Gasteiger partial charge in [0.1, 0.15) is 12.0 Å². The van der Waals surface area contributed by atoms with Gasteiger partial charge in [0, 0.05) is 12.7 Å². The Labute approximate surface area is 91.6 Å². The number of aryl methyl sites for hydroxylation is 1. The molecule has 2 aromatic heterocycles. The van der Waals surface area contributed by atoms with Gasteiger partial charge in [-0.25, -0.2) is 0 Å². The molecule has 0 aliphatic carbocycles. The lowest BCUT2D eigenvalue weighted by Crippen LogP contribution is -2.05. The first-order valence-corrected chi connectivity index (χ1v) is 4.78. The molecule has 0 aliphatic rings. The molecule has 6 heteroatoms. The fraction of sp³-hybridized carbons (Fsp3) is 0.200. The monoisotopic (exact) mass is 218 g/mol. The maximum absolute atomic E-state index is 10.5. The van der Waals surface area contributed by atoms with Crippen LogP contribution in [0, 0.1) is 0 Å². The molecule has 0 fully saturated rings. The Hall–Kier alpha value is -2.24. The van der Waals surface area contributed by atoms with Crippen LogP contribution in [0.5, 0.6) is 0 Å². The normalized spacial score (nSPS) is 10.2. The molecule has 0 saturated heterocycles. The third-order valence-corrected chi connectivity index (χ3v) is 2.08. The molecule has 2 heterocycles. The van der Waals surface area contributed by atoms with Crippen LogP contribution in [0.2, 0.25) is 0 Å². The number of carboxylic acid groups (broad SMARTS) is 1. The first kappa shape index (κ1) is 10.3. The Balaban J connectivity index is 2.23. The van der Waals surface area contributed by atoms with Crippen molar-refractivity contribution in [3.05, 3.63) is 30.7 Å². The highest BCUT2D eigenvalue weighted by Crippen LogP contribution is 2.12. The number of hydrogen-bond donors (Lipinski definition) is 1. The van der Waals surface area contributed by atoms with Gasteiger partial charge in [-0.2, -0.15) is 0 Å². The van der Waals surface area contributed by atoms with E-state index in [2.05, 4.69) is 15.2 Å². The lowest BCUT2D eigenvalue weighted by Gasteiger charge is -2.03. The molecule has 0 saturated carbocycles. The van der Waals surface area contributed by atoms with Crippen LogP contribution in [0.4, 0.5) is 0 Å². The first-order chi connectivity index (χ1) is 7.77. The lowest BCUT2D eigenvalue weighted by atomic mass is 10.3. The fourth-order valence-corrected chi connectivity index (χ4v) is 1.33. The van der Waals surface area contributed by atoms with Gasteiger partial charge in [0.05, 0.1) is 6.42 Å². The van der Waals surface area contributed by atoms with Gasteiger partial charge in [-0.05, 0) is 12.1 Å². The minimum absolute atomic E-state index is 0.0396. The van der Waals surface area contributed by atoms with E-state index < -0.39 is 5.97 Å². The average Bonchev–Trinajstić information content (AvgIpc) is 2.75. The Morgan fingerprint density at radius 1 is 1.44 bits per heavy atom. The second-order valence-electron chi connectivity index (χ2n) is 3.21. The molecule has 0 bridgehead atoms. The van der Waals surface area contributed by atoms with Crippen LogP contribution >= 0.6 is 0 Å². The molecule has 0 radical (unpaired) electrons. The molecule has 2 aromatic rings. The van der Waals surface area contributed by atoms with Gasteiger partial charge < -0.3 is 9.67 Å². The predicted octanol–water partition coefficient (Wildman–Crippen LogP) is 0.815. The molecule has 1 N–H and O–H groups in total. The molecule has 0 aromatic carbocycles. The van der Waals surface area contributed by atoms with Crippen molar-refractivity contribution in [2.75, 3.05) is 0 Å². The van der Waals surface area contributed by atoms with Crippen LogP contribution in [-0.2, 0) is 11.3 Å². The van der Waals surface area contributed by atoms with Crippen molar-refractivity contribution >= 4 is 5.97 Å². The Bertz CT molecular complexity index is 481. The van der Waals surface area contributed by atoms with E-state index in [0.29, 0.717) is 18.1 Å². The van der Waals surface area contributed by atoms with Crippen molar-refractivity contribution in [3.63, 3.8) is 0 Å². The fourth-order valence-electron chi connectivity index (χ4n) is 1.33. The summed E-state index contributed by atoms with van der Waals surface area (Å²) < 4.78 is 1.68. The quantitative estimate of drug-likeness (QED) is 0.821. The molecule has 0 spiro atoms. The van der Waals surface area contributed by atoms with Gasteiger partial charge in [-0.3, -0.25) is 9.78 Å². The second-order valence-corrected chi connectivity index (χ2v) is 3.21. The SMILES string of the molecule is O=C(O)CCn1cnnc1-c1ccccn1. The van der Waals surface area contributed by atoms with Crippen molar-refractivity contribution in [1.29, 1.82) is 0 Å². The average molecular weight is 218 g/mol. The molecule has 0 amide bonds. The van der Waals surface area contributed by atoms with Crippen LogP contribution < -0.4 is 0 Å². The van der Waals surface area contributed by atoms with E-state index in [-0.39, 0.29) is 6.42 Å². The van der Waals surface area contributed by atoms with E-state index in [1.54, 1.807) is 16.8 Å². The molecule has 82 valence electrons. The number of rotatable bonds is 4. The maximum atomic E-state index is 10.5. The molecule has 0 aliphatic heterocycles. The van der Waals surface area contributed by atoms with Gasteiger partial charge in [0.15, 0.2) is 5.82 Å². The highest BCUT2D eigenvalue weighted by atomic mass is 16.4. The molecule has 16 heavy (non-hydrogen) atoms. The number of aromatic nitrogens is 4. The standard InChI is InChI=1S/C10H10N4O2/c15-9(16)4-6-14-7-12-13-10(14)8-3-1-2-5-11-8/h1-3,5,7H,4,6H2,(H,15,16). The highest BCUT2D eigenvalue weighted by molar-refractivity contribution is 5.66. The number of hydrogen-bond acceptors (Lipinski definition) is 4. The van der Waals surface area contributed by atoms with Crippen LogP contribution in [0.3, 0.4) is 0 Å². The topological polar surface area (TPSA) is 80.9 Å². The molecule has 2 rings (SSSR count). The van der Waals surface area contributed by atoms with E-state index >= 15 is 0 Å². The largest absolute Gasteiger partial charge is 0.481 e. The molecular weight excluding hydrogens is 208 g/mol. The summed E-state index contributed by atoms with van der Waals surface area (Å²) in [7, 11) is 0. The molecule has 0 atom stereocenters. The highest BCUT2D eigenvalue weighted by Gasteiger charge is 2.08. The number of aliphatic carboxylic acids is 1. The Morgan fingerprint density at radius 3 is 3.00 bits per heavy atom. The second kappa shape index (κ2) is 4.52. The summed E-state index contributed by atoms with van der Waals surface area (Å²) in [6.07, 6.45) is 3.20. The van der Waals surface area contributed by atoms with E-state index in [9.17, 15) is 4.79 Å². The predicted molar refractivity (Wildman–Crippen MR) is 55.5 cm³/mol.